The molecule has 0 atom stereocenters. The number of nitrogens with zero attached hydrogens (tertiary/aromatic N) is 2. The number of amides is 1. The maximum absolute atomic E-state index is 11.6. The summed E-state index contributed by atoms with van der Waals surface area (Å²) in [4.78, 5) is 15.5. The van der Waals surface area contributed by atoms with Gasteiger partial charge >= 0.3 is 0 Å². The van der Waals surface area contributed by atoms with Crippen LogP contribution in [0.2, 0.25) is 0 Å². The number of anilines is 2. The second-order valence-corrected chi connectivity index (χ2v) is 2.94. The minimum Gasteiger partial charge on any atom is -0.363 e. The van der Waals surface area contributed by atoms with Gasteiger partial charge in [-0.25, -0.2) is 4.98 Å². The zero-order chi connectivity index (χ0) is 11.4. The van der Waals surface area contributed by atoms with Crippen molar-refractivity contribution >= 4 is 17.3 Å². The molecule has 2 heterocycles. The van der Waals surface area contributed by atoms with Gasteiger partial charge in [-0.05, 0) is 12.1 Å². The second-order valence-electron chi connectivity index (χ2n) is 2.94. The molecule has 0 aliphatic rings. The van der Waals surface area contributed by atoms with Gasteiger partial charge in [-0.2, -0.15) is 0 Å². The SMILES string of the molecule is NNc1ccc(C(=O)Nc2cnoc2)nc1. The highest BCUT2D eigenvalue weighted by atomic mass is 16.5. The molecular formula is C9H9N5O2. The summed E-state index contributed by atoms with van der Waals surface area (Å²) in [6.07, 6.45) is 4.18. The van der Waals surface area contributed by atoms with Crippen LogP contribution in [0.3, 0.4) is 0 Å². The fourth-order valence-corrected chi connectivity index (χ4v) is 1.08. The van der Waals surface area contributed by atoms with Crippen LogP contribution >= 0.6 is 0 Å². The fourth-order valence-electron chi connectivity index (χ4n) is 1.08. The van der Waals surface area contributed by atoms with E-state index in [4.69, 9.17) is 5.84 Å². The monoisotopic (exact) mass is 219 g/mol. The molecule has 7 nitrogen and oxygen atoms in total. The molecule has 2 aromatic heterocycles. The van der Waals surface area contributed by atoms with E-state index in [1.165, 1.54) is 18.7 Å². The van der Waals surface area contributed by atoms with E-state index >= 15 is 0 Å². The molecule has 16 heavy (non-hydrogen) atoms. The maximum atomic E-state index is 11.6. The fraction of sp³-hybridized carbons (Fsp3) is 0. The molecule has 0 saturated carbocycles. The highest BCUT2D eigenvalue weighted by molar-refractivity contribution is 6.02. The molecule has 0 saturated heterocycles. The minimum absolute atomic E-state index is 0.278. The molecule has 2 rings (SSSR count). The Balaban J connectivity index is 2.09. The lowest BCUT2D eigenvalue weighted by molar-refractivity contribution is 0.102. The van der Waals surface area contributed by atoms with Crippen molar-refractivity contribution in [1.29, 1.82) is 0 Å². The number of aromatic nitrogens is 2. The van der Waals surface area contributed by atoms with Gasteiger partial charge in [-0.15, -0.1) is 0 Å². The lowest BCUT2D eigenvalue weighted by atomic mass is 10.3. The van der Waals surface area contributed by atoms with Crippen molar-refractivity contribution in [2.45, 2.75) is 0 Å². The van der Waals surface area contributed by atoms with Gasteiger partial charge in [0, 0.05) is 0 Å². The Morgan fingerprint density at radius 2 is 2.19 bits per heavy atom. The summed E-state index contributed by atoms with van der Waals surface area (Å²) in [6, 6.07) is 3.20. The number of carbonyl (C=O) groups excluding carboxylic acids is 1. The number of hydrazine groups is 1. The van der Waals surface area contributed by atoms with E-state index in [1.54, 1.807) is 12.1 Å². The number of nitrogens with two attached hydrogens (primary N) is 1. The average Bonchev–Trinajstić information content (AvgIpc) is 2.82. The molecule has 82 valence electrons. The van der Waals surface area contributed by atoms with Crippen molar-refractivity contribution in [3.8, 4) is 0 Å². The lowest BCUT2D eigenvalue weighted by Crippen LogP contribution is -2.14. The van der Waals surface area contributed by atoms with E-state index in [1.807, 2.05) is 0 Å². The molecule has 0 spiro atoms. The van der Waals surface area contributed by atoms with Crippen molar-refractivity contribution in [3.05, 3.63) is 36.5 Å². The Morgan fingerprint density at radius 3 is 2.75 bits per heavy atom. The molecule has 4 N–H and O–H groups in total. The van der Waals surface area contributed by atoms with Crippen molar-refractivity contribution in [2.24, 2.45) is 5.84 Å². The molecule has 1 amide bonds. The molecular weight excluding hydrogens is 210 g/mol. The molecule has 0 bridgehead atoms. The molecule has 0 fully saturated rings. The van der Waals surface area contributed by atoms with Gasteiger partial charge in [0.25, 0.3) is 5.91 Å². The van der Waals surface area contributed by atoms with Gasteiger partial charge in [0.2, 0.25) is 0 Å². The minimum atomic E-state index is -0.341. The number of rotatable bonds is 3. The first-order valence-electron chi connectivity index (χ1n) is 4.43. The summed E-state index contributed by atoms with van der Waals surface area (Å²) in [7, 11) is 0. The van der Waals surface area contributed by atoms with Crippen molar-refractivity contribution in [2.75, 3.05) is 10.7 Å². The van der Waals surface area contributed by atoms with Crippen molar-refractivity contribution < 1.29 is 9.32 Å². The highest BCUT2D eigenvalue weighted by Crippen LogP contribution is 2.08. The van der Waals surface area contributed by atoms with Crippen LogP contribution in [0.15, 0.2) is 35.3 Å². The third-order valence-electron chi connectivity index (χ3n) is 1.85. The van der Waals surface area contributed by atoms with Gasteiger partial charge in [-0.1, -0.05) is 5.16 Å². The first kappa shape index (κ1) is 10.1. The van der Waals surface area contributed by atoms with Gasteiger partial charge in [0.15, 0.2) is 0 Å². The number of pyridine rings is 1. The zero-order valence-corrected chi connectivity index (χ0v) is 8.18. The first-order chi connectivity index (χ1) is 7.79. The molecule has 0 aliphatic carbocycles. The topological polar surface area (TPSA) is 106 Å². The molecule has 7 heteroatoms. The molecule has 0 unspecified atom stereocenters. The standard InChI is InChI=1S/C9H9N5O2/c10-14-6-1-2-8(11-3-6)9(15)13-7-4-12-16-5-7/h1-5,14H,10H2,(H,13,15). The maximum Gasteiger partial charge on any atom is 0.274 e. The summed E-state index contributed by atoms with van der Waals surface area (Å²) in [5.74, 6) is 4.83. The predicted octanol–water partition coefficient (Wildman–Crippen LogP) is 0.608. The van der Waals surface area contributed by atoms with E-state index in [2.05, 4.69) is 25.4 Å². The lowest BCUT2D eigenvalue weighted by Gasteiger charge is -2.02. The van der Waals surface area contributed by atoms with E-state index in [9.17, 15) is 4.79 Å². The highest BCUT2D eigenvalue weighted by Gasteiger charge is 2.08. The van der Waals surface area contributed by atoms with Crippen LogP contribution < -0.4 is 16.6 Å². The normalized spacial score (nSPS) is 9.81. The number of nitrogens with one attached hydrogen (secondary N) is 2. The summed E-state index contributed by atoms with van der Waals surface area (Å²) in [6.45, 7) is 0. The number of nitrogen functional groups attached to an aromatic ring is 1. The van der Waals surface area contributed by atoms with Crippen LogP contribution in [-0.4, -0.2) is 16.0 Å². The van der Waals surface area contributed by atoms with E-state index in [-0.39, 0.29) is 11.6 Å². The van der Waals surface area contributed by atoms with E-state index < -0.39 is 0 Å². The predicted molar refractivity (Wildman–Crippen MR) is 56.5 cm³/mol. The summed E-state index contributed by atoms with van der Waals surface area (Å²) in [5, 5.41) is 6.03. The van der Waals surface area contributed by atoms with Crippen LogP contribution in [0, 0.1) is 0 Å². The summed E-state index contributed by atoms with van der Waals surface area (Å²) >= 11 is 0. The third kappa shape index (κ3) is 2.15. The van der Waals surface area contributed by atoms with Crippen molar-refractivity contribution in [3.63, 3.8) is 0 Å². The molecule has 0 radical (unpaired) electrons. The van der Waals surface area contributed by atoms with Gasteiger partial charge in [0.05, 0.1) is 18.1 Å². The molecule has 0 aromatic carbocycles. The Kier molecular flexibility index (Phi) is 2.79. The average molecular weight is 219 g/mol. The number of hydrogen-bond donors (Lipinski definition) is 3. The Labute approximate surface area is 90.6 Å². The van der Waals surface area contributed by atoms with Crippen LogP contribution in [0.25, 0.3) is 0 Å². The third-order valence-corrected chi connectivity index (χ3v) is 1.85. The second kappa shape index (κ2) is 4.41. The zero-order valence-electron chi connectivity index (χ0n) is 8.18. The first-order valence-corrected chi connectivity index (χ1v) is 4.43. The quantitative estimate of drug-likeness (QED) is 0.515. The van der Waals surface area contributed by atoms with Crippen LogP contribution in [-0.2, 0) is 0 Å². The molecule has 2 aromatic rings. The molecule has 0 aliphatic heterocycles. The Morgan fingerprint density at radius 1 is 1.31 bits per heavy atom. The summed E-state index contributed by atoms with van der Waals surface area (Å²) in [5.41, 5.74) is 3.80. The number of hydrogen-bond acceptors (Lipinski definition) is 6. The Hall–Kier alpha value is -2.41. The smallest absolute Gasteiger partial charge is 0.274 e. The van der Waals surface area contributed by atoms with Crippen LogP contribution in [0.5, 0.6) is 0 Å². The Bertz CT molecular complexity index is 465. The van der Waals surface area contributed by atoms with Gasteiger partial charge < -0.3 is 15.3 Å². The largest absolute Gasteiger partial charge is 0.363 e. The van der Waals surface area contributed by atoms with Crippen LogP contribution in [0.1, 0.15) is 10.5 Å². The summed E-state index contributed by atoms with van der Waals surface area (Å²) < 4.78 is 4.58. The van der Waals surface area contributed by atoms with Crippen LogP contribution in [0.4, 0.5) is 11.4 Å². The van der Waals surface area contributed by atoms with E-state index in [0.29, 0.717) is 11.4 Å². The van der Waals surface area contributed by atoms with Gasteiger partial charge in [0.1, 0.15) is 17.6 Å². The van der Waals surface area contributed by atoms with Crippen molar-refractivity contribution in [1.82, 2.24) is 10.1 Å². The van der Waals surface area contributed by atoms with Gasteiger partial charge in [-0.3, -0.25) is 10.6 Å². The van der Waals surface area contributed by atoms with E-state index in [0.717, 1.165) is 0 Å². The number of carbonyl (C=O) groups is 1.